The SMILES string of the molecule is Cc1ccnc(Sc2nnnn2C2CCCC2)c1Br. The van der Waals surface area contributed by atoms with Gasteiger partial charge < -0.3 is 0 Å². The quantitative estimate of drug-likeness (QED) is 0.857. The van der Waals surface area contributed by atoms with Gasteiger partial charge in [0.2, 0.25) is 5.16 Å². The lowest BCUT2D eigenvalue weighted by molar-refractivity contribution is 0.423. The van der Waals surface area contributed by atoms with Crippen LogP contribution in [0, 0.1) is 6.92 Å². The Morgan fingerprint density at radius 3 is 2.95 bits per heavy atom. The van der Waals surface area contributed by atoms with Crippen molar-refractivity contribution in [2.24, 2.45) is 0 Å². The Kier molecular flexibility index (Phi) is 3.83. The topological polar surface area (TPSA) is 56.5 Å². The van der Waals surface area contributed by atoms with Crippen molar-refractivity contribution in [3.8, 4) is 0 Å². The molecule has 1 aliphatic carbocycles. The minimum Gasteiger partial charge on any atom is -0.248 e. The van der Waals surface area contributed by atoms with E-state index in [9.17, 15) is 0 Å². The summed E-state index contributed by atoms with van der Waals surface area (Å²) in [5.41, 5.74) is 1.16. The molecule has 1 saturated carbocycles. The van der Waals surface area contributed by atoms with E-state index in [2.05, 4.69) is 43.4 Å². The summed E-state index contributed by atoms with van der Waals surface area (Å²) < 4.78 is 2.97. The summed E-state index contributed by atoms with van der Waals surface area (Å²) in [6.45, 7) is 2.05. The number of aromatic nitrogens is 5. The second-order valence-electron chi connectivity index (χ2n) is 4.69. The molecule has 2 aromatic rings. The van der Waals surface area contributed by atoms with Crippen molar-refractivity contribution in [3.05, 3.63) is 22.3 Å². The van der Waals surface area contributed by atoms with E-state index in [-0.39, 0.29) is 0 Å². The summed E-state index contributed by atoms with van der Waals surface area (Å²) in [5.74, 6) is 0. The summed E-state index contributed by atoms with van der Waals surface area (Å²) in [7, 11) is 0. The first kappa shape index (κ1) is 13.1. The van der Waals surface area contributed by atoms with Gasteiger partial charge in [-0.2, -0.15) is 0 Å². The maximum Gasteiger partial charge on any atom is 0.215 e. The largest absolute Gasteiger partial charge is 0.248 e. The Labute approximate surface area is 124 Å². The van der Waals surface area contributed by atoms with Gasteiger partial charge in [0.25, 0.3) is 0 Å². The predicted molar refractivity (Wildman–Crippen MR) is 76.1 cm³/mol. The molecule has 2 aromatic heterocycles. The van der Waals surface area contributed by atoms with Crippen LogP contribution in [0.25, 0.3) is 0 Å². The second kappa shape index (κ2) is 5.58. The molecule has 0 atom stereocenters. The molecular formula is C12H14BrN5S. The normalized spacial score (nSPS) is 16.1. The van der Waals surface area contributed by atoms with E-state index < -0.39 is 0 Å². The van der Waals surface area contributed by atoms with Crippen molar-refractivity contribution < 1.29 is 0 Å². The first-order valence-corrected chi connectivity index (χ1v) is 7.93. The highest BCUT2D eigenvalue weighted by molar-refractivity contribution is 9.10. The number of nitrogens with zero attached hydrogens (tertiary/aromatic N) is 5. The van der Waals surface area contributed by atoms with Crippen molar-refractivity contribution in [2.45, 2.75) is 48.8 Å². The van der Waals surface area contributed by atoms with Crippen LogP contribution >= 0.6 is 27.7 Å². The lowest BCUT2D eigenvalue weighted by atomic mass is 10.3. The zero-order valence-electron chi connectivity index (χ0n) is 10.6. The third-order valence-corrected chi connectivity index (χ3v) is 5.59. The minimum absolute atomic E-state index is 0.445. The highest BCUT2D eigenvalue weighted by atomic mass is 79.9. The zero-order valence-corrected chi connectivity index (χ0v) is 13.0. The summed E-state index contributed by atoms with van der Waals surface area (Å²) in [6.07, 6.45) is 6.68. The molecule has 7 heteroatoms. The summed E-state index contributed by atoms with van der Waals surface area (Å²) in [5, 5.41) is 13.8. The Balaban J connectivity index is 1.87. The highest BCUT2D eigenvalue weighted by Crippen LogP contribution is 2.36. The molecule has 0 saturated heterocycles. The van der Waals surface area contributed by atoms with Crippen LogP contribution in [0.2, 0.25) is 0 Å². The van der Waals surface area contributed by atoms with Crippen LogP contribution in [0.5, 0.6) is 0 Å². The van der Waals surface area contributed by atoms with Crippen molar-refractivity contribution in [1.82, 2.24) is 25.2 Å². The molecule has 0 radical (unpaired) electrons. The molecule has 100 valence electrons. The maximum absolute atomic E-state index is 4.39. The number of hydrogen-bond acceptors (Lipinski definition) is 5. The van der Waals surface area contributed by atoms with Crippen molar-refractivity contribution in [3.63, 3.8) is 0 Å². The number of pyridine rings is 1. The third kappa shape index (κ3) is 2.67. The molecule has 2 heterocycles. The van der Waals surface area contributed by atoms with Gasteiger partial charge in [-0.05, 0) is 69.5 Å². The van der Waals surface area contributed by atoms with Gasteiger partial charge in [0.15, 0.2) is 0 Å². The van der Waals surface area contributed by atoms with Crippen LogP contribution in [-0.4, -0.2) is 25.2 Å². The average Bonchev–Trinajstić information content (AvgIpc) is 3.05. The van der Waals surface area contributed by atoms with Crippen LogP contribution in [0.15, 0.2) is 26.9 Å². The lowest BCUT2D eigenvalue weighted by Gasteiger charge is -2.11. The first-order chi connectivity index (χ1) is 9.25. The molecule has 1 fully saturated rings. The molecule has 0 amide bonds. The molecule has 0 aromatic carbocycles. The number of rotatable bonds is 3. The van der Waals surface area contributed by atoms with Crippen molar-refractivity contribution >= 4 is 27.7 Å². The summed E-state index contributed by atoms with van der Waals surface area (Å²) in [4.78, 5) is 4.39. The highest BCUT2D eigenvalue weighted by Gasteiger charge is 2.22. The van der Waals surface area contributed by atoms with Crippen LogP contribution < -0.4 is 0 Å². The van der Waals surface area contributed by atoms with Gasteiger partial charge in [-0.3, -0.25) is 0 Å². The van der Waals surface area contributed by atoms with E-state index in [4.69, 9.17) is 0 Å². The van der Waals surface area contributed by atoms with Crippen molar-refractivity contribution in [2.75, 3.05) is 0 Å². The van der Waals surface area contributed by atoms with E-state index >= 15 is 0 Å². The molecule has 19 heavy (non-hydrogen) atoms. The smallest absolute Gasteiger partial charge is 0.215 e. The van der Waals surface area contributed by atoms with Crippen LogP contribution in [0.4, 0.5) is 0 Å². The summed E-state index contributed by atoms with van der Waals surface area (Å²) >= 11 is 5.09. The fourth-order valence-corrected chi connectivity index (χ4v) is 3.67. The van der Waals surface area contributed by atoms with E-state index in [0.717, 1.165) is 20.2 Å². The third-order valence-electron chi connectivity index (χ3n) is 3.37. The Bertz CT molecular complexity index is 579. The second-order valence-corrected chi connectivity index (χ2v) is 6.44. The van der Waals surface area contributed by atoms with Gasteiger partial charge in [-0.25, -0.2) is 9.67 Å². The Morgan fingerprint density at radius 2 is 2.16 bits per heavy atom. The van der Waals surface area contributed by atoms with Gasteiger partial charge in [0.1, 0.15) is 5.03 Å². The number of halogens is 1. The van der Waals surface area contributed by atoms with Gasteiger partial charge in [0, 0.05) is 6.20 Å². The molecule has 0 N–H and O–H groups in total. The van der Waals surface area contributed by atoms with Crippen LogP contribution in [-0.2, 0) is 0 Å². The van der Waals surface area contributed by atoms with E-state index in [1.807, 2.05) is 16.9 Å². The lowest BCUT2D eigenvalue weighted by Crippen LogP contribution is -2.08. The summed E-state index contributed by atoms with van der Waals surface area (Å²) in [6, 6.07) is 2.43. The Morgan fingerprint density at radius 1 is 1.37 bits per heavy atom. The Hall–Kier alpha value is -0.950. The number of aryl methyl sites for hydroxylation is 1. The maximum atomic E-state index is 4.39. The van der Waals surface area contributed by atoms with E-state index in [0.29, 0.717) is 6.04 Å². The molecule has 0 aliphatic heterocycles. The average molecular weight is 340 g/mol. The number of tetrazole rings is 1. The first-order valence-electron chi connectivity index (χ1n) is 6.32. The molecular weight excluding hydrogens is 326 g/mol. The molecule has 1 aliphatic rings. The predicted octanol–water partition coefficient (Wildman–Crippen LogP) is 3.41. The zero-order chi connectivity index (χ0) is 13.2. The van der Waals surface area contributed by atoms with E-state index in [1.54, 1.807) is 0 Å². The molecule has 5 nitrogen and oxygen atoms in total. The monoisotopic (exact) mass is 339 g/mol. The molecule has 0 bridgehead atoms. The standard InChI is InChI=1S/C12H14BrN5S/c1-8-6-7-14-11(10(8)13)19-12-15-16-17-18(12)9-4-2-3-5-9/h6-7,9H,2-5H2,1H3. The fraction of sp³-hybridized carbons (Fsp3) is 0.500. The van der Waals surface area contributed by atoms with Crippen molar-refractivity contribution in [1.29, 1.82) is 0 Å². The number of hydrogen-bond donors (Lipinski definition) is 0. The van der Waals surface area contributed by atoms with E-state index in [1.165, 1.54) is 37.4 Å². The van der Waals surface area contributed by atoms with Crippen LogP contribution in [0.1, 0.15) is 37.3 Å². The van der Waals surface area contributed by atoms with Crippen LogP contribution in [0.3, 0.4) is 0 Å². The van der Waals surface area contributed by atoms with Gasteiger partial charge in [0.05, 0.1) is 10.5 Å². The minimum atomic E-state index is 0.445. The van der Waals surface area contributed by atoms with Gasteiger partial charge >= 0.3 is 0 Å². The molecule has 0 spiro atoms. The van der Waals surface area contributed by atoms with Gasteiger partial charge in [-0.15, -0.1) is 5.10 Å². The van der Waals surface area contributed by atoms with Gasteiger partial charge in [-0.1, -0.05) is 12.8 Å². The molecule has 3 rings (SSSR count). The molecule has 0 unspecified atom stereocenters. The fourth-order valence-electron chi connectivity index (χ4n) is 2.30.